The quantitative estimate of drug-likeness (QED) is 0.840. The Balaban J connectivity index is 2.09. The molecule has 5 heteroatoms. The number of urea groups is 1. The monoisotopic (exact) mass is 288 g/mol. The van der Waals surface area contributed by atoms with E-state index in [1.54, 1.807) is 6.07 Å². The summed E-state index contributed by atoms with van der Waals surface area (Å²) in [6.45, 7) is 3.50. The number of carboxylic acids is 1. The maximum Gasteiger partial charge on any atom is 0.328 e. The fourth-order valence-electron chi connectivity index (χ4n) is 2.34. The molecular weight excluding hydrogens is 268 g/mol. The molecule has 1 aliphatic rings. The second-order valence-corrected chi connectivity index (χ2v) is 5.22. The summed E-state index contributed by atoms with van der Waals surface area (Å²) in [6, 6.07) is 5.40. The second kappa shape index (κ2) is 6.92. The van der Waals surface area contributed by atoms with E-state index < -0.39 is 5.97 Å². The molecule has 0 bridgehead atoms. The molecule has 2 N–H and O–H groups in total. The first-order valence-corrected chi connectivity index (χ1v) is 7.14. The van der Waals surface area contributed by atoms with Gasteiger partial charge in [0.05, 0.1) is 0 Å². The van der Waals surface area contributed by atoms with Crippen LogP contribution in [0.1, 0.15) is 30.4 Å². The predicted molar refractivity (Wildman–Crippen MR) is 82.3 cm³/mol. The molecule has 0 unspecified atom stereocenters. The zero-order valence-corrected chi connectivity index (χ0v) is 12.1. The summed E-state index contributed by atoms with van der Waals surface area (Å²) in [4.78, 5) is 24.6. The van der Waals surface area contributed by atoms with Crippen molar-refractivity contribution in [1.29, 1.82) is 0 Å². The number of hydrogen-bond acceptors (Lipinski definition) is 2. The Hall–Kier alpha value is -2.30. The Morgan fingerprint density at radius 1 is 1.24 bits per heavy atom. The van der Waals surface area contributed by atoms with Crippen LogP contribution >= 0.6 is 0 Å². The van der Waals surface area contributed by atoms with Crippen molar-refractivity contribution >= 4 is 23.8 Å². The highest BCUT2D eigenvalue weighted by molar-refractivity contribution is 5.91. The van der Waals surface area contributed by atoms with Gasteiger partial charge >= 0.3 is 12.0 Å². The largest absolute Gasteiger partial charge is 0.478 e. The number of amides is 2. The lowest BCUT2D eigenvalue weighted by molar-refractivity contribution is -0.131. The van der Waals surface area contributed by atoms with Crippen molar-refractivity contribution in [3.63, 3.8) is 0 Å². The Morgan fingerprint density at radius 3 is 2.62 bits per heavy atom. The zero-order valence-electron chi connectivity index (χ0n) is 12.1. The third kappa shape index (κ3) is 4.34. The van der Waals surface area contributed by atoms with Crippen LogP contribution in [0.2, 0.25) is 0 Å². The summed E-state index contributed by atoms with van der Waals surface area (Å²) < 4.78 is 0. The molecule has 1 heterocycles. The van der Waals surface area contributed by atoms with E-state index in [0.29, 0.717) is 0 Å². The van der Waals surface area contributed by atoms with Gasteiger partial charge in [-0.2, -0.15) is 0 Å². The molecule has 112 valence electrons. The molecular formula is C16H20N2O3. The maximum absolute atomic E-state index is 12.2. The number of aryl methyl sites for hydroxylation is 1. The molecule has 2 rings (SSSR count). The van der Waals surface area contributed by atoms with Crippen LogP contribution in [0.4, 0.5) is 10.5 Å². The molecule has 1 aromatic rings. The molecule has 0 aliphatic carbocycles. The number of aliphatic carboxylic acids is 1. The van der Waals surface area contributed by atoms with E-state index in [1.165, 1.54) is 12.5 Å². The van der Waals surface area contributed by atoms with Gasteiger partial charge in [0.15, 0.2) is 0 Å². The summed E-state index contributed by atoms with van der Waals surface area (Å²) >= 11 is 0. The molecule has 21 heavy (non-hydrogen) atoms. The highest BCUT2D eigenvalue weighted by atomic mass is 16.4. The van der Waals surface area contributed by atoms with Crippen molar-refractivity contribution in [3.8, 4) is 0 Å². The van der Waals surface area contributed by atoms with Gasteiger partial charge in [0, 0.05) is 24.9 Å². The number of nitrogens with zero attached hydrogens (tertiary/aromatic N) is 1. The third-order valence-electron chi connectivity index (χ3n) is 3.56. The predicted octanol–water partition coefficient (Wildman–Crippen LogP) is 3.11. The number of likely N-dealkylation sites (tertiary alicyclic amines) is 1. The van der Waals surface area contributed by atoms with Gasteiger partial charge in [-0.1, -0.05) is 12.1 Å². The smallest absolute Gasteiger partial charge is 0.328 e. The van der Waals surface area contributed by atoms with Gasteiger partial charge in [-0.05, 0) is 49.5 Å². The molecule has 1 fully saturated rings. The molecule has 0 aromatic heterocycles. The first-order valence-electron chi connectivity index (χ1n) is 7.14. The van der Waals surface area contributed by atoms with Gasteiger partial charge in [-0.25, -0.2) is 9.59 Å². The molecule has 2 amide bonds. The topological polar surface area (TPSA) is 69.6 Å². The van der Waals surface area contributed by atoms with Gasteiger partial charge in [0.1, 0.15) is 0 Å². The van der Waals surface area contributed by atoms with Gasteiger partial charge in [0.2, 0.25) is 0 Å². The van der Waals surface area contributed by atoms with Crippen molar-refractivity contribution < 1.29 is 14.7 Å². The van der Waals surface area contributed by atoms with Crippen molar-refractivity contribution in [1.82, 2.24) is 4.90 Å². The standard InChI is InChI=1S/C16H20N2O3/c1-12-5-6-13(7-8-15(19)20)11-14(12)17-16(21)18-9-3-2-4-10-18/h5-8,11H,2-4,9-10H2,1H3,(H,17,21)(H,19,20). The molecule has 0 atom stereocenters. The fraction of sp³-hybridized carbons (Fsp3) is 0.375. The molecule has 1 aromatic carbocycles. The number of carbonyl (C=O) groups is 2. The highest BCUT2D eigenvalue weighted by Crippen LogP contribution is 2.19. The lowest BCUT2D eigenvalue weighted by Crippen LogP contribution is -2.38. The van der Waals surface area contributed by atoms with E-state index in [2.05, 4.69) is 5.32 Å². The number of carboxylic acid groups (broad SMARTS) is 1. The number of piperidine rings is 1. The number of hydrogen-bond donors (Lipinski definition) is 2. The number of anilines is 1. The molecule has 1 saturated heterocycles. The van der Waals surface area contributed by atoms with Gasteiger partial charge in [-0.3, -0.25) is 0 Å². The SMILES string of the molecule is Cc1ccc(C=CC(=O)O)cc1NC(=O)N1CCCCC1. The zero-order chi connectivity index (χ0) is 15.2. The van der Waals surface area contributed by atoms with Crippen LogP contribution in [0.15, 0.2) is 24.3 Å². The average Bonchev–Trinajstić information content (AvgIpc) is 2.48. The Bertz CT molecular complexity index is 561. The van der Waals surface area contributed by atoms with Crippen molar-refractivity contribution in [2.75, 3.05) is 18.4 Å². The second-order valence-electron chi connectivity index (χ2n) is 5.22. The number of rotatable bonds is 3. The fourth-order valence-corrected chi connectivity index (χ4v) is 2.34. The summed E-state index contributed by atoms with van der Waals surface area (Å²) in [5.41, 5.74) is 2.42. The minimum atomic E-state index is -0.991. The molecule has 5 nitrogen and oxygen atoms in total. The van der Waals surface area contributed by atoms with E-state index in [-0.39, 0.29) is 6.03 Å². The van der Waals surface area contributed by atoms with E-state index in [4.69, 9.17) is 5.11 Å². The molecule has 1 aliphatic heterocycles. The highest BCUT2D eigenvalue weighted by Gasteiger charge is 2.16. The lowest BCUT2D eigenvalue weighted by atomic mass is 10.1. The van der Waals surface area contributed by atoms with Crippen molar-refractivity contribution in [3.05, 3.63) is 35.4 Å². The normalized spacial score (nSPS) is 15.2. The maximum atomic E-state index is 12.2. The van der Waals surface area contributed by atoms with E-state index in [9.17, 15) is 9.59 Å². The van der Waals surface area contributed by atoms with Crippen LogP contribution in [0, 0.1) is 6.92 Å². The number of nitrogens with one attached hydrogen (secondary N) is 1. The van der Waals surface area contributed by atoms with E-state index in [1.807, 2.05) is 24.0 Å². The molecule has 0 radical (unpaired) electrons. The van der Waals surface area contributed by atoms with Crippen LogP contribution in [0.25, 0.3) is 6.08 Å². The third-order valence-corrected chi connectivity index (χ3v) is 3.56. The Morgan fingerprint density at radius 2 is 1.95 bits per heavy atom. The van der Waals surface area contributed by atoms with Gasteiger partial charge in [-0.15, -0.1) is 0 Å². The van der Waals surface area contributed by atoms with Gasteiger partial charge < -0.3 is 15.3 Å². The number of carbonyl (C=O) groups excluding carboxylic acids is 1. The Kier molecular flexibility index (Phi) is 4.98. The summed E-state index contributed by atoms with van der Waals surface area (Å²) in [7, 11) is 0. The minimum Gasteiger partial charge on any atom is -0.478 e. The summed E-state index contributed by atoms with van der Waals surface area (Å²) in [5.74, 6) is -0.991. The average molecular weight is 288 g/mol. The summed E-state index contributed by atoms with van der Waals surface area (Å²) in [5, 5.41) is 11.6. The number of benzene rings is 1. The van der Waals surface area contributed by atoms with E-state index >= 15 is 0 Å². The minimum absolute atomic E-state index is 0.0860. The van der Waals surface area contributed by atoms with E-state index in [0.717, 1.165) is 48.8 Å². The molecule has 0 saturated carbocycles. The molecule has 0 spiro atoms. The van der Waals surface area contributed by atoms with Crippen LogP contribution in [0.3, 0.4) is 0 Å². The lowest BCUT2D eigenvalue weighted by Gasteiger charge is -2.27. The summed E-state index contributed by atoms with van der Waals surface area (Å²) in [6.07, 6.45) is 5.87. The van der Waals surface area contributed by atoms with Crippen LogP contribution in [0.5, 0.6) is 0 Å². The van der Waals surface area contributed by atoms with Crippen molar-refractivity contribution in [2.45, 2.75) is 26.2 Å². The first kappa shape index (κ1) is 15.1. The van der Waals surface area contributed by atoms with Crippen LogP contribution < -0.4 is 5.32 Å². The van der Waals surface area contributed by atoms with Gasteiger partial charge in [0.25, 0.3) is 0 Å². The van der Waals surface area contributed by atoms with Crippen molar-refractivity contribution in [2.24, 2.45) is 0 Å². The Labute approximate surface area is 124 Å². The first-order chi connectivity index (χ1) is 10.1. The van der Waals surface area contributed by atoms with Crippen LogP contribution in [-0.2, 0) is 4.79 Å². The van der Waals surface area contributed by atoms with Crippen LogP contribution in [-0.4, -0.2) is 35.1 Å².